The Hall–Kier alpha value is -0.930. The summed E-state index contributed by atoms with van der Waals surface area (Å²) in [5, 5.41) is 9.25. The first-order valence-electron chi connectivity index (χ1n) is 5.91. The molecule has 18 heavy (non-hydrogen) atoms. The van der Waals surface area contributed by atoms with E-state index in [4.69, 9.17) is 16.7 Å². The van der Waals surface area contributed by atoms with Crippen LogP contribution < -0.4 is 0 Å². The Morgan fingerprint density at radius 1 is 1.39 bits per heavy atom. The van der Waals surface area contributed by atoms with Crippen molar-refractivity contribution >= 4 is 29.3 Å². The summed E-state index contributed by atoms with van der Waals surface area (Å²) in [5.74, 6) is 0.0195. The third-order valence-corrected chi connectivity index (χ3v) is 3.90. The van der Waals surface area contributed by atoms with E-state index in [-0.39, 0.29) is 10.6 Å². The second-order valence-electron chi connectivity index (χ2n) is 3.93. The van der Waals surface area contributed by atoms with Crippen LogP contribution in [0.4, 0.5) is 0 Å². The van der Waals surface area contributed by atoms with Gasteiger partial charge in [0.25, 0.3) is 0 Å². The quantitative estimate of drug-likeness (QED) is 0.420. The highest BCUT2D eigenvalue weighted by Crippen LogP contribution is 2.25. The molecule has 0 saturated carbocycles. The first-order valence-corrected chi connectivity index (χ1v) is 7.28. The number of carbonyl (C=O) groups is 1. The Bertz CT molecular complexity index is 418. The predicted octanol–water partition coefficient (Wildman–Crippen LogP) is 4.88. The highest BCUT2D eigenvalue weighted by Gasteiger charge is 2.09. The largest absolute Gasteiger partial charge is 0.478 e. The number of allylic oxidation sites excluding steroid dienone is 1. The van der Waals surface area contributed by atoms with Crippen LogP contribution in [-0.4, -0.2) is 16.8 Å². The van der Waals surface area contributed by atoms with Crippen molar-refractivity contribution in [3.05, 3.63) is 41.4 Å². The van der Waals surface area contributed by atoms with Crippen LogP contribution >= 0.6 is 23.4 Å². The van der Waals surface area contributed by atoms with Crippen LogP contribution in [0.1, 0.15) is 36.0 Å². The molecule has 1 aromatic rings. The monoisotopic (exact) mass is 284 g/mol. The molecule has 0 atom stereocenters. The number of hydrogen-bond acceptors (Lipinski definition) is 2. The molecule has 0 radical (unpaired) electrons. The maximum absolute atomic E-state index is 10.9. The molecule has 0 amide bonds. The minimum absolute atomic E-state index is 0.174. The zero-order chi connectivity index (χ0) is 13.4. The number of unbranched alkanes of at least 4 members (excludes halogenated alkanes) is 3. The molecule has 1 rings (SSSR count). The zero-order valence-electron chi connectivity index (χ0n) is 10.2. The van der Waals surface area contributed by atoms with Crippen molar-refractivity contribution in [1.29, 1.82) is 0 Å². The van der Waals surface area contributed by atoms with Gasteiger partial charge in [0, 0.05) is 4.90 Å². The Morgan fingerprint density at radius 3 is 2.83 bits per heavy atom. The molecule has 2 nitrogen and oxygen atoms in total. The third-order valence-electron chi connectivity index (χ3n) is 2.49. The SMILES string of the molecule is C=CCCCCCSc1ccc(Cl)c(C(=O)O)c1. The fraction of sp³-hybridized carbons (Fsp3) is 0.357. The summed E-state index contributed by atoms with van der Waals surface area (Å²) in [4.78, 5) is 11.9. The molecule has 1 aromatic carbocycles. The van der Waals surface area contributed by atoms with Crippen molar-refractivity contribution in [3.8, 4) is 0 Å². The van der Waals surface area contributed by atoms with E-state index in [0.717, 1.165) is 23.5 Å². The minimum Gasteiger partial charge on any atom is -0.478 e. The van der Waals surface area contributed by atoms with Crippen LogP contribution in [0.15, 0.2) is 35.7 Å². The summed E-state index contributed by atoms with van der Waals surface area (Å²) in [5.41, 5.74) is 0.174. The maximum Gasteiger partial charge on any atom is 0.337 e. The lowest BCUT2D eigenvalue weighted by Gasteiger charge is -2.04. The molecule has 98 valence electrons. The second kappa shape index (κ2) is 8.22. The predicted molar refractivity (Wildman–Crippen MR) is 77.8 cm³/mol. The summed E-state index contributed by atoms with van der Waals surface area (Å²) in [6, 6.07) is 5.15. The van der Waals surface area contributed by atoms with E-state index in [1.165, 1.54) is 12.8 Å². The fourth-order valence-electron chi connectivity index (χ4n) is 1.52. The number of aromatic carboxylic acids is 1. The average molecular weight is 285 g/mol. The molecule has 0 bridgehead atoms. The lowest BCUT2D eigenvalue weighted by Crippen LogP contribution is -1.97. The standard InChI is InChI=1S/C14H17ClO2S/c1-2-3-4-5-6-9-18-11-7-8-13(15)12(10-11)14(16)17/h2,7-8,10H,1,3-6,9H2,(H,16,17). The van der Waals surface area contributed by atoms with Gasteiger partial charge in [0.2, 0.25) is 0 Å². The van der Waals surface area contributed by atoms with E-state index in [9.17, 15) is 4.79 Å². The topological polar surface area (TPSA) is 37.3 Å². The molecule has 0 aliphatic rings. The Kier molecular flexibility index (Phi) is 6.91. The van der Waals surface area contributed by atoms with E-state index in [1.807, 2.05) is 12.1 Å². The lowest BCUT2D eigenvalue weighted by atomic mass is 10.2. The van der Waals surface area contributed by atoms with E-state index in [2.05, 4.69) is 6.58 Å². The van der Waals surface area contributed by atoms with Crippen LogP contribution in [0.2, 0.25) is 5.02 Å². The van der Waals surface area contributed by atoms with Crippen LogP contribution in [0.25, 0.3) is 0 Å². The van der Waals surface area contributed by atoms with Crippen molar-refractivity contribution in [2.24, 2.45) is 0 Å². The number of carboxylic acids is 1. The Labute approximate surface area is 117 Å². The van der Waals surface area contributed by atoms with Gasteiger partial charge in [-0.3, -0.25) is 0 Å². The van der Waals surface area contributed by atoms with Gasteiger partial charge in [-0.05, 0) is 43.2 Å². The van der Waals surface area contributed by atoms with E-state index >= 15 is 0 Å². The number of halogens is 1. The van der Waals surface area contributed by atoms with Gasteiger partial charge in [-0.1, -0.05) is 24.1 Å². The second-order valence-corrected chi connectivity index (χ2v) is 5.51. The van der Waals surface area contributed by atoms with Crippen molar-refractivity contribution in [1.82, 2.24) is 0 Å². The summed E-state index contributed by atoms with van der Waals surface area (Å²) in [6.07, 6.45) is 6.48. The average Bonchev–Trinajstić information content (AvgIpc) is 2.35. The van der Waals surface area contributed by atoms with Crippen molar-refractivity contribution in [2.45, 2.75) is 30.6 Å². The van der Waals surface area contributed by atoms with Crippen LogP contribution in [0.3, 0.4) is 0 Å². The number of carboxylic acid groups (broad SMARTS) is 1. The summed E-state index contributed by atoms with van der Waals surface area (Å²) in [7, 11) is 0. The third kappa shape index (κ3) is 5.15. The van der Waals surface area contributed by atoms with Gasteiger partial charge in [-0.25, -0.2) is 4.79 Å². The summed E-state index contributed by atoms with van der Waals surface area (Å²) in [6.45, 7) is 3.69. The molecular formula is C14H17ClO2S. The van der Waals surface area contributed by atoms with E-state index < -0.39 is 5.97 Å². The fourth-order valence-corrected chi connectivity index (χ4v) is 2.66. The zero-order valence-corrected chi connectivity index (χ0v) is 11.8. The molecule has 1 N–H and O–H groups in total. The Balaban J connectivity index is 2.41. The van der Waals surface area contributed by atoms with Crippen LogP contribution in [0.5, 0.6) is 0 Å². The van der Waals surface area contributed by atoms with E-state index in [1.54, 1.807) is 23.9 Å². The smallest absolute Gasteiger partial charge is 0.337 e. The Morgan fingerprint density at radius 2 is 2.17 bits per heavy atom. The van der Waals surface area contributed by atoms with Crippen molar-refractivity contribution < 1.29 is 9.90 Å². The highest BCUT2D eigenvalue weighted by molar-refractivity contribution is 7.99. The van der Waals surface area contributed by atoms with Crippen LogP contribution in [-0.2, 0) is 0 Å². The van der Waals surface area contributed by atoms with E-state index in [0.29, 0.717) is 0 Å². The summed E-state index contributed by atoms with van der Waals surface area (Å²) < 4.78 is 0. The van der Waals surface area contributed by atoms with Gasteiger partial charge in [0.1, 0.15) is 0 Å². The maximum atomic E-state index is 10.9. The normalized spacial score (nSPS) is 10.3. The molecule has 0 spiro atoms. The molecular weight excluding hydrogens is 268 g/mol. The number of benzene rings is 1. The first-order chi connectivity index (χ1) is 8.65. The molecule has 0 aliphatic heterocycles. The first kappa shape index (κ1) is 15.1. The van der Waals surface area contributed by atoms with Gasteiger partial charge in [-0.2, -0.15) is 0 Å². The molecule has 0 fully saturated rings. The van der Waals surface area contributed by atoms with Gasteiger partial charge in [-0.15, -0.1) is 18.3 Å². The van der Waals surface area contributed by atoms with Gasteiger partial charge in [0.05, 0.1) is 10.6 Å². The molecule has 0 aromatic heterocycles. The van der Waals surface area contributed by atoms with Gasteiger partial charge < -0.3 is 5.11 Å². The number of thioether (sulfide) groups is 1. The molecule has 4 heteroatoms. The number of rotatable bonds is 8. The van der Waals surface area contributed by atoms with Crippen molar-refractivity contribution in [2.75, 3.05) is 5.75 Å². The van der Waals surface area contributed by atoms with Crippen molar-refractivity contribution in [3.63, 3.8) is 0 Å². The van der Waals surface area contributed by atoms with Gasteiger partial charge >= 0.3 is 5.97 Å². The highest BCUT2D eigenvalue weighted by atomic mass is 35.5. The molecule has 0 saturated heterocycles. The minimum atomic E-state index is -0.978. The van der Waals surface area contributed by atoms with Gasteiger partial charge in [0.15, 0.2) is 0 Å². The molecule has 0 unspecified atom stereocenters. The summed E-state index contributed by atoms with van der Waals surface area (Å²) >= 11 is 7.48. The molecule has 0 aliphatic carbocycles. The lowest BCUT2D eigenvalue weighted by molar-refractivity contribution is 0.0697. The van der Waals surface area contributed by atoms with Crippen LogP contribution in [0, 0.1) is 0 Å². The molecule has 0 heterocycles. The number of hydrogen-bond donors (Lipinski definition) is 1.